The van der Waals surface area contributed by atoms with Crippen molar-refractivity contribution in [1.29, 1.82) is 0 Å². The predicted octanol–water partition coefficient (Wildman–Crippen LogP) is 5.98. The highest BCUT2D eigenvalue weighted by Crippen LogP contribution is 2.21. The van der Waals surface area contributed by atoms with Crippen LogP contribution in [-0.2, 0) is 16.2 Å². The third-order valence-electron chi connectivity index (χ3n) is 3.70. The van der Waals surface area contributed by atoms with Crippen LogP contribution in [0.1, 0.15) is 11.1 Å². The van der Waals surface area contributed by atoms with Crippen molar-refractivity contribution in [2.24, 2.45) is 0 Å². The molecule has 0 saturated carbocycles. The Labute approximate surface area is 160 Å². The van der Waals surface area contributed by atoms with Crippen LogP contribution in [-0.4, -0.2) is 23.7 Å². The summed E-state index contributed by atoms with van der Waals surface area (Å²) in [5.41, 5.74) is 2.67. The van der Waals surface area contributed by atoms with E-state index in [-0.39, 0.29) is 0 Å². The van der Waals surface area contributed by atoms with Gasteiger partial charge in [-0.2, -0.15) is 0 Å². The normalized spacial score (nSPS) is 13.1. The topological polar surface area (TPSA) is 9.23 Å². The molecule has 0 amide bonds. The van der Waals surface area contributed by atoms with Crippen molar-refractivity contribution in [1.82, 2.24) is 0 Å². The lowest BCUT2D eigenvalue weighted by molar-refractivity contribution is 0.149. The predicted molar refractivity (Wildman–Crippen MR) is 114 cm³/mol. The largest absolute Gasteiger partial charge is 0.378 e. The molecule has 2 aromatic rings. The SMILES string of the molecule is C=CC(COCC(C=C)SCc1ccccc1)SCc1ccccc1. The molecule has 0 N–H and O–H groups in total. The van der Waals surface area contributed by atoms with Gasteiger partial charge in [-0.25, -0.2) is 0 Å². The highest BCUT2D eigenvalue weighted by Gasteiger charge is 2.09. The molecule has 132 valence electrons. The van der Waals surface area contributed by atoms with E-state index in [1.165, 1.54) is 11.1 Å². The molecule has 0 heterocycles. The molecule has 0 aliphatic carbocycles. The van der Waals surface area contributed by atoms with Crippen molar-refractivity contribution in [3.05, 3.63) is 97.1 Å². The second-order valence-corrected chi connectivity index (χ2v) is 8.13. The second kappa shape index (κ2) is 12.0. The summed E-state index contributed by atoms with van der Waals surface area (Å²) in [6.45, 7) is 9.27. The first kappa shape index (κ1) is 19.9. The van der Waals surface area contributed by atoms with Crippen LogP contribution in [0.5, 0.6) is 0 Å². The summed E-state index contributed by atoms with van der Waals surface area (Å²) in [5, 5.41) is 0.620. The Morgan fingerprint density at radius 1 is 0.720 bits per heavy atom. The van der Waals surface area contributed by atoms with Gasteiger partial charge in [-0.3, -0.25) is 0 Å². The van der Waals surface area contributed by atoms with E-state index in [4.69, 9.17) is 4.74 Å². The Balaban J connectivity index is 1.67. The van der Waals surface area contributed by atoms with Crippen LogP contribution in [0, 0.1) is 0 Å². The standard InChI is InChI=1S/C22H26OS2/c1-3-21(24-17-19-11-7-5-8-12-19)15-23-16-22(4-2)25-18-20-13-9-6-10-14-20/h3-14,21-22H,1-2,15-18H2. The molecular weight excluding hydrogens is 344 g/mol. The number of thioether (sulfide) groups is 2. The lowest BCUT2D eigenvalue weighted by Gasteiger charge is -2.16. The van der Waals surface area contributed by atoms with E-state index in [1.54, 1.807) is 0 Å². The van der Waals surface area contributed by atoms with Crippen molar-refractivity contribution in [3.63, 3.8) is 0 Å². The summed E-state index contributed by atoms with van der Waals surface area (Å²) in [5.74, 6) is 1.96. The van der Waals surface area contributed by atoms with Crippen LogP contribution in [0.25, 0.3) is 0 Å². The molecule has 2 unspecified atom stereocenters. The summed E-state index contributed by atoms with van der Waals surface area (Å²) in [6, 6.07) is 21.0. The number of hydrogen-bond acceptors (Lipinski definition) is 3. The van der Waals surface area contributed by atoms with Gasteiger partial charge in [0.2, 0.25) is 0 Å². The summed E-state index contributed by atoms with van der Waals surface area (Å²) in [6.07, 6.45) is 3.96. The van der Waals surface area contributed by atoms with E-state index in [0.29, 0.717) is 23.7 Å². The van der Waals surface area contributed by atoms with Crippen LogP contribution in [0.2, 0.25) is 0 Å². The minimum absolute atomic E-state index is 0.310. The molecule has 0 bridgehead atoms. The Hall–Kier alpha value is -1.42. The molecule has 0 radical (unpaired) electrons. The van der Waals surface area contributed by atoms with Crippen molar-refractivity contribution in [3.8, 4) is 0 Å². The minimum Gasteiger partial charge on any atom is -0.378 e. The fourth-order valence-electron chi connectivity index (χ4n) is 2.22. The fourth-order valence-corrected chi connectivity index (χ4v) is 4.08. The maximum atomic E-state index is 5.93. The number of ether oxygens (including phenoxy) is 1. The maximum absolute atomic E-state index is 5.93. The van der Waals surface area contributed by atoms with Gasteiger partial charge in [-0.15, -0.1) is 36.7 Å². The van der Waals surface area contributed by atoms with E-state index in [9.17, 15) is 0 Å². The van der Waals surface area contributed by atoms with E-state index in [1.807, 2.05) is 47.8 Å². The number of rotatable bonds is 12. The van der Waals surface area contributed by atoms with E-state index >= 15 is 0 Å². The fraction of sp³-hybridized carbons (Fsp3) is 0.273. The highest BCUT2D eigenvalue weighted by atomic mass is 32.2. The zero-order chi connectivity index (χ0) is 17.7. The van der Waals surface area contributed by atoms with Crippen LogP contribution >= 0.6 is 23.5 Å². The second-order valence-electron chi connectivity index (χ2n) is 5.68. The third kappa shape index (κ3) is 8.00. The molecule has 25 heavy (non-hydrogen) atoms. The zero-order valence-electron chi connectivity index (χ0n) is 14.6. The maximum Gasteiger partial charge on any atom is 0.0620 e. The van der Waals surface area contributed by atoms with Crippen molar-refractivity contribution in [2.75, 3.05) is 13.2 Å². The van der Waals surface area contributed by atoms with Gasteiger partial charge in [0.15, 0.2) is 0 Å². The summed E-state index contributed by atoms with van der Waals surface area (Å²) >= 11 is 3.74. The first-order chi connectivity index (χ1) is 12.3. The first-order valence-corrected chi connectivity index (χ1v) is 10.6. The summed E-state index contributed by atoms with van der Waals surface area (Å²) in [4.78, 5) is 0. The van der Waals surface area contributed by atoms with Crippen LogP contribution < -0.4 is 0 Å². The molecule has 2 atom stereocenters. The molecule has 0 aliphatic rings. The van der Waals surface area contributed by atoms with Gasteiger partial charge in [0.25, 0.3) is 0 Å². The van der Waals surface area contributed by atoms with E-state index in [0.717, 1.165) is 11.5 Å². The first-order valence-electron chi connectivity index (χ1n) is 8.45. The van der Waals surface area contributed by atoms with Crippen LogP contribution in [0.15, 0.2) is 86.0 Å². The van der Waals surface area contributed by atoms with Gasteiger partial charge < -0.3 is 4.74 Å². The number of benzene rings is 2. The van der Waals surface area contributed by atoms with Gasteiger partial charge in [0.05, 0.1) is 13.2 Å². The quantitative estimate of drug-likeness (QED) is 0.425. The van der Waals surface area contributed by atoms with Crippen LogP contribution in [0.4, 0.5) is 0 Å². The van der Waals surface area contributed by atoms with Crippen LogP contribution in [0.3, 0.4) is 0 Å². The third-order valence-corrected chi connectivity index (χ3v) is 6.22. The van der Waals surface area contributed by atoms with Crippen molar-refractivity contribution < 1.29 is 4.74 Å². The van der Waals surface area contributed by atoms with E-state index in [2.05, 4.69) is 61.7 Å². The summed E-state index contributed by atoms with van der Waals surface area (Å²) in [7, 11) is 0. The van der Waals surface area contributed by atoms with Gasteiger partial charge in [0.1, 0.15) is 0 Å². The molecule has 0 saturated heterocycles. The molecule has 0 aliphatic heterocycles. The van der Waals surface area contributed by atoms with Gasteiger partial charge in [0, 0.05) is 22.0 Å². The lowest BCUT2D eigenvalue weighted by Crippen LogP contribution is -2.16. The molecule has 1 nitrogen and oxygen atoms in total. The van der Waals surface area contributed by atoms with Gasteiger partial charge in [-0.1, -0.05) is 72.8 Å². The Morgan fingerprint density at radius 2 is 1.12 bits per heavy atom. The van der Waals surface area contributed by atoms with E-state index < -0.39 is 0 Å². The molecular formula is C22H26OS2. The summed E-state index contributed by atoms with van der Waals surface area (Å²) < 4.78 is 5.93. The Kier molecular flexibility index (Phi) is 9.57. The van der Waals surface area contributed by atoms with Crippen molar-refractivity contribution in [2.45, 2.75) is 22.0 Å². The average Bonchev–Trinajstić information content (AvgIpc) is 2.68. The molecule has 2 aromatic carbocycles. The molecule has 2 rings (SSSR count). The minimum atomic E-state index is 0.310. The molecule has 0 aromatic heterocycles. The van der Waals surface area contributed by atoms with Crippen molar-refractivity contribution >= 4 is 23.5 Å². The van der Waals surface area contributed by atoms with Gasteiger partial charge in [-0.05, 0) is 11.1 Å². The Morgan fingerprint density at radius 3 is 1.48 bits per heavy atom. The highest BCUT2D eigenvalue weighted by molar-refractivity contribution is 7.99. The lowest BCUT2D eigenvalue weighted by atomic mass is 10.2. The number of hydrogen-bond donors (Lipinski definition) is 0. The zero-order valence-corrected chi connectivity index (χ0v) is 16.2. The van der Waals surface area contributed by atoms with Gasteiger partial charge >= 0.3 is 0 Å². The molecule has 3 heteroatoms. The molecule has 0 fully saturated rings. The molecule has 0 spiro atoms. The Bertz CT molecular complexity index is 557. The monoisotopic (exact) mass is 370 g/mol. The smallest absolute Gasteiger partial charge is 0.0620 e. The average molecular weight is 371 g/mol.